The number of benzene rings is 1. The monoisotopic (exact) mass is 461 g/mol. The SMILES string of the molecule is NC(=O)c1ccc2nc([C@H](C(=O)N3C[C@H](Cl)[C@H]4OCC(=O)[C@H]43)C3CCCCC3)sc2c1. The Labute approximate surface area is 188 Å². The molecule has 5 rings (SSSR count). The summed E-state index contributed by atoms with van der Waals surface area (Å²) in [6.07, 6.45) is 4.81. The standard InChI is InChI=1S/C22H24ClN3O4S/c23-13-9-26(18-15(27)10-30-19(13)18)22(29)17(11-4-2-1-3-5-11)21-25-14-7-6-12(20(24)28)8-16(14)31-21/h6-8,11,13,17-19H,1-5,9-10H2,(H2,24,28)/t13-,17+,18+,19+/m0/s1. The van der Waals surface area contributed by atoms with E-state index in [4.69, 9.17) is 27.1 Å². The van der Waals surface area contributed by atoms with Crippen molar-refractivity contribution < 1.29 is 19.1 Å². The topological polar surface area (TPSA) is 103 Å². The minimum absolute atomic E-state index is 0.00740. The minimum atomic E-state index is -0.600. The zero-order valence-electron chi connectivity index (χ0n) is 17.0. The number of Topliss-reactive ketones (excluding diaryl/α,β-unsaturated/α-hetero) is 1. The van der Waals surface area contributed by atoms with Gasteiger partial charge >= 0.3 is 0 Å². The highest BCUT2D eigenvalue weighted by Crippen LogP contribution is 2.42. The zero-order chi connectivity index (χ0) is 21.7. The molecule has 2 aromatic rings. The average molecular weight is 462 g/mol. The van der Waals surface area contributed by atoms with Gasteiger partial charge in [0.05, 0.1) is 21.5 Å². The van der Waals surface area contributed by atoms with E-state index in [-0.39, 0.29) is 29.6 Å². The van der Waals surface area contributed by atoms with Crippen molar-refractivity contribution in [1.82, 2.24) is 9.88 Å². The molecule has 164 valence electrons. The fraction of sp³-hybridized carbons (Fsp3) is 0.545. The third-order valence-corrected chi connectivity index (χ3v) is 8.24. The van der Waals surface area contributed by atoms with Crippen LogP contribution >= 0.6 is 22.9 Å². The van der Waals surface area contributed by atoms with Gasteiger partial charge in [0.15, 0.2) is 5.78 Å². The number of hydrogen-bond acceptors (Lipinski definition) is 6. The van der Waals surface area contributed by atoms with Crippen molar-refractivity contribution in [2.75, 3.05) is 13.2 Å². The third-order valence-electron chi connectivity index (χ3n) is 6.75. The van der Waals surface area contributed by atoms with Crippen molar-refractivity contribution in [2.45, 2.75) is 55.5 Å². The number of primary amides is 1. The van der Waals surface area contributed by atoms with Gasteiger partial charge in [-0.2, -0.15) is 0 Å². The number of rotatable bonds is 4. The van der Waals surface area contributed by atoms with Crippen molar-refractivity contribution >= 4 is 50.8 Å². The number of thiazole rings is 1. The number of aromatic nitrogens is 1. The number of nitrogens with two attached hydrogens (primary N) is 1. The Morgan fingerprint density at radius 2 is 2.03 bits per heavy atom. The van der Waals surface area contributed by atoms with E-state index in [1.54, 1.807) is 23.1 Å². The third kappa shape index (κ3) is 3.64. The number of alkyl halides is 1. The molecule has 0 radical (unpaired) electrons. The average Bonchev–Trinajstić information content (AvgIpc) is 3.44. The molecule has 31 heavy (non-hydrogen) atoms. The molecule has 3 heterocycles. The van der Waals surface area contributed by atoms with Gasteiger partial charge in [-0.05, 0) is 37.0 Å². The maximum Gasteiger partial charge on any atom is 0.248 e. The number of carbonyl (C=O) groups excluding carboxylic acids is 3. The first-order chi connectivity index (χ1) is 14.9. The lowest BCUT2D eigenvalue weighted by Crippen LogP contribution is -2.45. The highest BCUT2D eigenvalue weighted by atomic mass is 35.5. The van der Waals surface area contributed by atoms with Crippen LogP contribution in [0.4, 0.5) is 0 Å². The molecule has 2 N–H and O–H groups in total. The zero-order valence-corrected chi connectivity index (χ0v) is 18.5. The van der Waals surface area contributed by atoms with Gasteiger partial charge in [0.1, 0.15) is 23.8 Å². The molecule has 3 fully saturated rings. The van der Waals surface area contributed by atoms with Gasteiger partial charge in [0.2, 0.25) is 11.8 Å². The van der Waals surface area contributed by atoms with E-state index in [0.717, 1.165) is 40.9 Å². The number of ether oxygens (including phenoxy) is 1. The Kier molecular flexibility index (Phi) is 5.48. The molecule has 1 aliphatic carbocycles. The van der Waals surface area contributed by atoms with E-state index in [1.165, 1.54) is 17.8 Å². The molecule has 1 aromatic carbocycles. The van der Waals surface area contributed by atoms with Gasteiger partial charge in [0, 0.05) is 12.1 Å². The van der Waals surface area contributed by atoms with Crippen LogP contribution < -0.4 is 5.73 Å². The molecule has 2 saturated heterocycles. The molecule has 1 aromatic heterocycles. The summed E-state index contributed by atoms with van der Waals surface area (Å²) < 4.78 is 6.39. The lowest BCUT2D eigenvalue weighted by molar-refractivity contribution is -0.139. The molecule has 9 heteroatoms. The van der Waals surface area contributed by atoms with Crippen molar-refractivity contribution in [1.29, 1.82) is 0 Å². The first-order valence-electron chi connectivity index (χ1n) is 10.7. The van der Waals surface area contributed by atoms with Gasteiger partial charge in [-0.25, -0.2) is 4.98 Å². The number of carbonyl (C=O) groups is 3. The summed E-state index contributed by atoms with van der Waals surface area (Å²) in [5, 5.41) is 0.343. The summed E-state index contributed by atoms with van der Waals surface area (Å²) in [7, 11) is 0. The fourth-order valence-corrected chi connectivity index (χ4v) is 6.76. The van der Waals surface area contributed by atoms with Crippen LogP contribution in [0.5, 0.6) is 0 Å². The van der Waals surface area contributed by atoms with E-state index < -0.39 is 24.0 Å². The summed E-state index contributed by atoms with van der Waals surface area (Å²) in [5.74, 6) is -0.918. The highest BCUT2D eigenvalue weighted by molar-refractivity contribution is 7.18. The second kappa shape index (κ2) is 8.15. The summed E-state index contributed by atoms with van der Waals surface area (Å²) in [6.45, 7) is 0.314. The summed E-state index contributed by atoms with van der Waals surface area (Å²) in [4.78, 5) is 44.3. The van der Waals surface area contributed by atoms with Crippen molar-refractivity contribution in [3.8, 4) is 0 Å². The molecule has 0 bridgehead atoms. The van der Waals surface area contributed by atoms with Gasteiger partial charge < -0.3 is 15.4 Å². The number of halogens is 1. The number of hydrogen-bond donors (Lipinski definition) is 1. The predicted molar refractivity (Wildman–Crippen MR) is 117 cm³/mol. The summed E-state index contributed by atoms with van der Waals surface area (Å²) in [5.41, 5.74) is 6.59. The highest BCUT2D eigenvalue weighted by Gasteiger charge is 2.53. The van der Waals surface area contributed by atoms with Gasteiger partial charge in [-0.15, -0.1) is 22.9 Å². The van der Waals surface area contributed by atoms with Crippen molar-refractivity contribution in [2.24, 2.45) is 11.7 Å². The predicted octanol–water partition coefficient (Wildman–Crippen LogP) is 2.85. The van der Waals surface area contributed by atoms with Crippen LogP contribution in [-0.4, -0.2) is 58.2 Å². The van der Waals surface area contributed by atoms with Gasteiger partial charge in [-0.3, -0.25) is 14.4 Å². The molecule has 4 atom stereocenters. The largest absolute Gasteiger partial charge is 0.366 e. The Balaban J connectivity index is 1.53. The van der Waals surface area contributed by atoms with Crippen LogP contribution in [0.15, 0.2) is 18.2 Å². The summed E-state index contributed by atoms with van der Waals surface area (Å²) >= 11 is 7.87. The number of amides is 2. The van der Waals surface area contributed by atoms with Crippen LogP contribution in [0, 0.1) is 5.92 Å². The van der Waals surface area contributed by atoms with E-state index >= 15 is 0 Å². The van der Waals surface area contributed by atoms with Crippen molar-refractivity contribution in [3.63, 3.8) is 0 Å². The van der Waals surface area contributed by atoms with Gasteiger partial charge in [0.25, 0.3) is 0 Å². The molecule has 0 unspecified atom stereocenters. The first-order valence-corrected chi connectivity index (χ1v) is 12.0. The Bertz CT molecular complexity index is 1050. The molecular weight excluding hydrogens is 438 g/mol. The van der Waals surface area contributed by atoms with Crippen molar-refractivity contribution in [3.05, 3.63) is 28.8 Å². The molecule has 0 spiro atoms. The maximum atomic E-state index is 13.9. The molecular formula is C22H24ClN3O4S. The summed E-state index contributed by atoms with van der Waals surface area (Å²) in [6, 6.07) is 4.56. The fourth-order valence-electron chi connectivity index (χ4n) is 5.21. The van der Waals surface area contributed by atoms with E-state index in [9.17, 15) is 14.4 Å². The van der Waals surface area contributed by atoms with Crippen LogP contribution in [0.2, 0.25) is 0 Å². The van der Waals surface area contributed by atoms with E-state index in [1.807, 2.05) is 0 Å². The lowest BCUT2D eigenvalue weighted by atomic mass is 9.79. The van der Waals surface area contributed by atoms with E-state index in [2.05, 4.69) is 0 Å². The lowest BCUT2D eigenvalue weighted by Gasteiger charge is -2.32. The Morgan fingerprint density at radius 1 is 1.26 bits per heavy atom. The van der Waals surface area contributed by atoms with Crippen LogP contribution in [0.1, 0.15) is 53.4 Å². The van der Waals surface area contributed by atoms with Crippen LogP contribution in [0.25, 0.3) is 10.2 Å². The number of ketones is 1. The van der Waals surface area contributed by atoms with E-state index in [0.29, 0.717) is 12.1 Å². The Morgan fingerprint density at radius 3 is 2.77 bits per heavy atom. The minimum Gasteiger partial charge on any atom is -0.366 e. The second-order valence-corrected chi connectivity index (χ2v) is 10.3. The molecule has 1 saturated carbocycles. The Hall–Kier alpha value is -2.03. The smallest absolute Gasteiger partial charge is 0.248 e. The van der Waals surface area contributed by atoms with Crippen LogP contribution in [0.3, 0.4) is 0 Å². The molecule has 2 amide bonds. The number of likely N-dealkylation sites (tertiary alicyclic amines) is 1. The number of fused-ring (bicyclic) bond motifs is 2. The van der Waals surface area contributed by atoms with Gasteiger partial charge in [-0.1, -0.05) is 19.3 Å². The quantitative estimate of drug-likeness (QED) is 0.705. The second-order valence-electron chi connectivity index (χ2n) is 8.67. The molecule has 7 nitrogen and oxygen atoms in total. The normalized spacial score (nSPS) is 27.6. The number of nitrogens with zero attached hydrogens (tertiary/aromatic N) is 2. The molecule has 3 aliphatic rings. The van der Waals surface area contributed by atoms with Crippen LogP contribution in [-0.2, 0) is 14.3 Å². The molecule has 2 aliphatic heterocycles. The maximum absolute atomic E-state index is 13.9. The first kappa shape index (κ1) is 20.8.